The van der Waals surface area contributed by atoms with E-state index in [0.29, 0.717) is 35.9 Å². The van der Waals surface area contributed by atoms with E-state index in [4.69, 9.17) is 13.9 Å². The third kappa shape index (κ3) is 3.61. The van der Waals surface area contributed by atoms with Crippen LogP contribution in [0.3, 0.4) is 0 Å². The lowest BCUT2D eigenvalue weighted by molar-refractivity contribution is 0.109. The molecule has 1 aromatic heterocycles. The first kappa shape index (κ1) is 13.2. The van der Waals surface area contributed by atoms with Crippen molar-refractivity contribution >= 4 is 6.29 Å². The van der Waals surface area contributed by atoms with E-state index in [1.165, 1.54) is 0 Å². The Morgan fingerprint density at radius 3 is 2.47 bits per heavy atom. The highest BCUT2D eigenvalue weighted by Crippen LogP contribution is 2.27. The van der Waals surface area contributed by atoms with E-state index in [9.17, 15) is 4.79 Å². The maximum absolute atomic E-state index is 10.5. The molecular formula is C15H16O4. The molecule has 0 aliphatic rings. The molecule has 0 amide bonds. The average Bonchev–Trinajstić information content (AvgIpc) is 2.91. The van der Waals surface area contributed by atoms with Crippen LogP contribution in [-0.2, 0) is 6.61 Å². The van der Waals surface area contributed by atoms with Crippen molar-refractivity contribution in [3.8, 4) is 11.5 Å². The van der Waals surface area contributed by atoms with Crippen LogP contribution in [0.1, 0.15) is 29.7 Å². The Labute approximate surface area is 111 Å². The van der Waals surface area contributed by atoms with Crippen molar-refractivity contribution in [1.29, 1.82) is 0 Å². The first-order valence-corrected chi connectivity index (χ1v) is 6.22. The second-order valence-electron chi connectivity index (χ2n) is 4.01. The maximum Gasteiger partial charge on any atom is 0.185 e. The molecule has 0 atom stereocenters. The van der Waals surface area contributed by atoms with E-state index >= 15 is 0 Å². The summed E-state index contributed by atoms with van der Waals surface area (Å²) in [6, 6.07) is 10.8. The van der Waals surface area contributed by atoms with Crippen LogP contribution in [0, 0.1) is 0 Å². The number of rotatable bonds is 7. The summed E-state index contributed by atoms with van der Waals surface area (Å²) in [6.07, 6.45) is 1.61. The van der Waals surface area contributed by atoms with Gasteiger partial charge in [0.15, 0.2) is 23.5 Å². The molecular weight excluding hydrogens is 244 g/mol. The minimum absolute atomic E-state index is 0.264. The van der Waals surface area contributed by atoms with Crippen molar-refractivity contribution in [3.05, 3.63) is 47.9 Å². The van der Waals surface area contributed by atoms with Gasteiger partial charge in [-0.25, -0.2) is 0 Å². The van der Waals surface area contributed by atoms with Crippen molar-refractivity contribution in [3.63, 3.8) is 0 Å². The molecule has 19 heavy (non-hydrogen) atoms. The summed E-state index contributed by atoms with van der Waals surface area (Å²) in [4.78, 5) is 10.5. The van der Waals surface area contributed by atoms with Gasteiger partial charge in [0.25, 0.3) is 0 Å². The number of ether oxygens (including phenoxy) is 2. The Bertz CT molecular complexity index is 530. The zero-order valence-corrected chi connectivity index (χ0v) is 10.8. The molecule has 0 spiro atoms. The molecule has 0 N–H and O–H groups in total. The van der Waals surface area contributed by atoms with Crippen LogP contribution in [0.15, 0.2) is 40.8 Å². The number of aldehydes is 1. The van der Waals surface area contributed by atoms with Crippen LogP contribution in [-0.4, -0.2) is 12.9 Å². The van der Waals surface area contributed by atoms with Crippen LogP contribution in [0.4, 0.5) is 0 Å². The molecule has 2 aromatic rings. The van der Waals surface area contributed by atoms with E-state index in [-0.39, 0.29) is 6.61 Å². The largest absolute Gasteiger partial charge is 0.490 e. The fourth-order valence-corrected chi connectivity index (χ4v) is 1.58. The molecule has 4 nitrogen and oxygen atoms in total. The average molecular weight is 260 g/mol. The summed E-state index contributed by atoms with van der Waals surface area (Å²) < 4.78 is 16.5. The lowest BCUT2D eigenvalue weighted by Gasteiger charge is -2.11. The van der Waals surface area contributed by atoms with Crippen LogP contribution < -0.4 is 9.47 Å². The Morgan fingerprint density at radius 2 is 1.84 bits per heavy atom. The van der Waals surface area contributed by atoms with E-state index < -0.39 is 0 Å². The molecule has 0 aliphatic carbocycles. The Morgan fingerprint density at radius 1 is 1.11 bits per heavy atom. The van der Waals surface area contributed by atoms with Gasteiger partial charge in [0.1, 0.15) is 12.4 Å². The molecule has 100 valence electrons. The number of hydrogen-bond donors (Lipinski definition) is 0. The van der Waals surface area contributed by atoms with Crippen molar-refractivity contribution in [2.45, 2.75) is 20.0 Å². The van der Waals surface area contributed by atoms with Gasteiger partial charge in [-0.3, -0.25) is 4.79 Å². The van der Waals surface area contributed by atoms with Gasteiger partial charge >= 0.3 is 0 Å². The molecule has 0 saturated heterocycles. The van der Waals surface area contributed by atoms with Gasteiger partial charge in [-0.2, -0.15) is 0 Å². The molecule has 1 aromatic carbocycles. The number of hydrogen-bond acceptors (Lipinski definition) is 4. The van der Waals surface area contributed by atoms with Gasteiger partial charge in [0, 0.05) is 0 Å². The predicted octanol–water partition coefficient (Wildman–Crippen LogP) is 3.46. The minimum Gasteiger partial charge on any atom is -0.490 e. The zero-order valence-electron chi connectivity index (χ0n) is 10.8. The number of para-hydroxylation sites is 2. The molecule has 2 rings (SSSR count). The van der Waals surface area contributed by atoms with E-state index in [0.717, 1.165) is 6.42 Å². The van der Waals surface area contributed by atoms with E-state index in [2.05, 4.69) is 0 Å². The highest BCUT2D eigenvalue weighted by atomic mass is 16.5. The van der Waals surface area contributed by atoms with Crippen LogP contribution >= 0.6 is 0 Å². The Kier molecular flexibility index (Phi) is 4.61. The number of carbonyl (C=O) groups is 1. The maximum atomic E-state index is 10.5. The van der Waals surface area contributed by atoms with Gasteiger partial charge in [0.2, 0.25) is 0 Å². The van der Waals surface area contributed by atoms with E-state index in [1.807, 2.05) is 31.2 Å². The first-order chi connectivity index (χ1) is 9.33. The number of carbonyl (C=O) groups excluding carboxylic acids is 1. The molecule has 0 radical (unpaired) electrons. The molecule has 0 saturated carbocycles. The molecule has 4 heteroatoms. The highest BCUT2D eigenvalue weighted by molar-refractivity contribution is 5.70. The zero-order chi connectivity index (χ0) is 13.5. The van der Waals surface area contributed by atoms with Crippen molar-refractivity contribution < 1.29 is 18.7 Å². The highest BCUT2D eigenvalue weighted by Gasteiger charge is 2.06. The quantitative estimate of drug-likeness (QED) is 0.715. The molecule has 1 heterocycles. The Hall–Kier alpha value is -2.23. The fourth-order valence-electron chi connectivity index (χ4n) is 1.58. The van der Waals surface area contributed by atoms with Gasteiger partial charge in [-0.15, -0.1) is 0 Å². The van der Waals surface area contributed by atoms with Gasteiger partial charge in [-0.05, 0) is 30.7 Å². The second-order valence-corrected chi connectivity index (χ2v) is 4.01. The smallest absolute Gasteiger partial charge is 0.185 e. The molecule has 0 bridgehead atoms. The minimum atomic E-state index is 0.264. The Balaban J connectivity index is 2.00. The van der Waals surface area contributed by atoms with Crippen LogP contribution in [0.5, 0.6) is 11.5 Å². The summed E-state index contributed by atoms with van der Waals surface area (Å²) >= 11 is 0. The molecule has 0 unspecified atom stereocenters. The van der Waals surface area contributed by atoms with Crippen molar-refractivity contribution in [2.24, 2.45) is 0 Å². The number of benzene rings is 1. The second kappa shape index (κ2) is 6.64. The predicted molar refractivity (Wildman–Crippen MR) is 70.7 cm³/mol. The van der Waals surface area contributed by atoms with Crippen molar-refractivity contribution in [2.75, 3.05) is 6.61 Å². The summed E-state index contributed by atoms with van der Waals surface area (Å²) in [6.45, 7) is 2.96. The van der Waals surface area contributed by atoms with Gasteiger partial charge < -0.3 is 13.9 Å². The monoisotopic (exact) mass is 260 g/mol. The third-order valence-electron chi connectivity index (χ3n) is 2.48. The lowest BCUT2D eigenvalue weighted by Crippen LogP contribution is -2.00. The summed E-state index contributed by atoms with van der Waals surface area (Å²) in [5, 5.41) is 0. The number of furan rings is 1. The fraction of sp³-hybridized carbons (Fsp3) is 0.267. The third-order valence-corrected chi connectivity index (χ3v) is 2.48. The normalized spacial score (nSPS) is 10.2. The molecule has 0 aliphatic heterocycles. The standard InChI is InChI=1S/C15H16O4/c1-2-9-17-14-5-3-4-6-15(14)18-11-13-8-7-12(10-16)19-13/h3-8,10H,2,9,11H2,1H3. The van der Waals surface area contributed by atoms with Crippen LogP contribution in [0.25, 0.3) is 0 Å². The first-order valence-electron chi connectivity index (χ1n) is 6.22. The van der Waals surface area contributed by atoms with Crippen molar-refractivity contribution in [1.82, 2.24) is 0 Å². The van der Waals surface area contributed by atoms with Gasteiger partial charge in [-0.1, -0.05) is 19.1 Å². The topological polar surface area (TPSA) is 48.7 Å². The van der Waals surface area contributed by atoms with E-state index in [1.54, 1.807) is 12.1 Å². The summed E-state index contributed by atoms with van der Waals surface area (Å²) in [7, 11) is 0. The van der Waals surface area contributed by atoms with Crippen LogP contribution in [0.2, 0.25) is 0 Å². The van der Waals surface area contributed by atoms with Gasteiger partial charge in [0.05, 0.1) is 6.61 Å². The molecule has 0 fully saturated rings. The lowest BCUT2D eigenvalue weighted by atomic mass is 10.3. The summed E-state index contributed by atoms with van der Waals surface area (Å²) in [5.74, 6) is 2.29. The SMILES string of the molecule is CCCOc1ccccc1OCc1ccc(C=O)o1. The summed E-state index contributed by atoms with van der Waals surface area (Å²) in [5.41, 5.74) is 0.